The van der Waals surface area contributed by atoms with Crippen molar-refractivity contribution in [2.45, 2.75) is 38.4 Å². The van der Waals surface area contributed by atoms with Crippen molar-refractivity contribution in [1.82, 2.24) is 15.1 Å². The van der Waals surface area contributed by atoms with Crippen molar-refractivity contribution < 1.29 is 18.0 Å². The largest absolute Gasteiger partial charge is 0.416 e. The number of alkyl halides is 3. The SMILES string of the molecule is CCCCC(CN)NC(=O)c1ccn(-c2cccc(C(F)(F)F)c2)n1.Cl. The summed E-state index contributed by atoms with van der Waals surface area (Å²) in [6, 6.07) is 6.08. The number of hydrogen-bond acceptors (Lipinski definition) is 3. The molecule has 1 aromatic heterocycles. The lowest BCUT2D eigenvalue weighted by Crippen LogP contribution is -2.40. The van der Waals surface area contributed by atoms with Crippen LogP contribution in [0.1, 0.15) is 42.2 Å². The van der Waals surface area contributed by atoms with Crippen LogP contribution < -0.4 is 11.1 Å². The number of amides is 1. The second-order valence-electron chi connectivity index (χ2n) is 5.74. The molecule has 0 fully saturated rings. The molecule has 26 heavy (non-hydrogen) atoms. The molecule has 2 rings (SSSR count). The minimum atomic E-state index is -4.43. The van der Waals surface area contributed by atoms with Crippen molar-refractivity contribution in [2.24, 2.45) is 5.73 Å². The number of carbonyl (C=O) groups is 1. The first-order chi connectivity index (χ1) is 11.8. The zero-order valence-electron chi connectivity index (χ0n) is 14.3. The summed E-state index contributed by atoms with van der Waals surface area (Å²) in [5.74, 6) is -0.391. The molecule has 144 valence electrons. The Morgan fingerprint density at radius 1 is 1.35 bits per heavy atom. The van der Waals surface area contributed by atoms with Gasteiger partial charge in [0, 0.05) is 18.8 Å². The maximum Gasteiger partial charge on any atom is 0.416 e. The second-order valence-corrected chi connectivity index (χ2v) is 5.74. The molecule has 0 aliphatic rings. The molecule has 0 saturated heterocycles. The molecule has 0 spiro atoms. The van der Waals surface area contributed by atoms with Gasteiger partial charge in [-0.15, -0.1) is 12.4 Å². The van der Waals surface area contributed by atoms with Crippen LogP contribution in [0, 0.1) is 0 Å². The van der Waals surface area contributed by atoms with Gasteiger partial charge in [-0.05, 0) is 30.7 Å². The third kappa shape index (κ3) is 5.74. The summed E-state index contributed by atoms with van der Waals surface area (Å²) in [5, 5.41) is 6.87. The summed E-state index contributed by atoms with van der Waals surface area (Å²) >= 11 is 0. The van der Waals surface area contributed by atoms with Gasteiger partial charge >= 0.3 is 6.18 Å². The highest BCUT2D eigenvalue weighted by molar-refractivity contribution is 5.92. The van der Waals surface area contributed by atoms with Gasteiger partial charge in [0.2, 0.25) is 0 Å². The molecule has 0 aliphatic heterocycles. The fourth-order valence-corrected chi connectivity index (χ4v) is 2.37. The molecule has 5 nitrogen and oxygen atoms in total. The van der Waals surface area contributed by atoms with Crippen LogP contribution in [0.5, 0.6) is 0 Å². The Morgan fingerprint density at radius 3 is 2.69 bits per heavy atom. The van der Waals surface area contributed by atoms with Gasteiger partial charge in [-0.1, -0.05) is 25.8 Å². The first-order valence-corrected chi connectivity index (χ1v) is 8.09. The molecule has 0 aliphatic carbocycles. The van der Waals surface area contributed by atoms with Gasteiger partial charge < -0.3 is 11.1 Å². The van der Waals surface area contributed by atoms with E-state index in [1.54, 1.807) is 0 Å². The quantitative estimate of drug-likeness (QED) is 0.759. The standard InChI is InChI=1S/C17H21F3N4O.ClH/c1-2-3-6-13(11-21)22-16(25)15-8-9-24(23-15)14-7-4-5-12(10-14)17(18,19)20;/h4-5,7-10,13H,2-3,6,11,21H2,1H3,(H,22,25);1H. The van der Waals surface area contributed by atoms with E-state index < -0.39 is 17.6 Å². The third-order valence-corrected chi connectivity index (χ3v) is 3.79. The van der Waals surface area contributed by atoms with E-state index in [0.717, 1.165) is 31.4 Å². The fraction of sp³-hybridized carbons (Fsp3) is 0.412. The van der Waals surface area contributed by atoms with Crippen LogP contribution in [-0.2, 0) is 6.18 Å². The Balaban J connectivity index is 0.00000338. The van der Waals surface area contributed by atoms with E-state index >= 15 is 0 Å². The van der Waals surface area contributed by atoms with E-state index in [2.05, 4.69) is 10.4 Å². The summed E-state index contributed by atoms with van der Waals surface area (Å²) in [5.41, 5.74) is 5.24. The van der Waals surface area contributed by atoms with Crippen LogP contribution in [0.2, 0.25) is 0 Å². The van der Waals surface area contributed by atoms with Gasteiger partial charge in [0.25, 0.3) is 5.91 Å². The van der Waals surface area contributed by atoms with Crippen LogP contribution >= 0.6 is 12.4 Å². The lowest BCUT2D eigenvalue weighted by molar-refractivity contribution is -0.137. The van der Waals surface area contributed by atoms with Crippen molar-refractivity contribution in [3.05, 3.63) is 47.8 Å². The number of unbranched alkanes of at least 4 members (excludes halogenated alkanes) is 1. The number of carbonyl (C=O) groups excluding carboxylic acids is 1. The Morgan fingerprint density at radius 2 is 2.08 bits per heavy atom. The van der Waals surface area contributed by atoms with E-state index in [9.17, 15) is 18.0 Å². The Hall–Kier alpha value is -2.06. The lowest BCUT2D eigenvalue weighted by Gasteiger charge is -2.15. The maximum atomic E-state index is 12.8. The normalized spacial score (nSPS) is 12.3. The molecular formula is C17H22ClF3N4O. The molecule has 2 aromatic rings. The van der Waals surface area contributed by atoms with Crippen LogP contribution in [0.15, 0.2) is 36.5 Å². The minimum absolute atomic E-state index is 0. The van der Waals surface area contributed by atoms with Crippen molar-refractivity contribution in [3.8, 4) is 5.69 Å². The minimum Gasteiger partial charge on any atom is -0.347 e. The first kappa shape index (κ1) is 22.0. The summed E-state index contributed by atoms with van der Waals surface area (Å²) in [6.45, 7) is 2.37. The summed E-state index contributed by atoms with van der Waals surface area (Å²) < 4.78 is 39.6. The summed E-state index contributed by atoms with van der Waals surface area (Å²) in [6.07, 6.45) is -0.269. The molecule has 1 unspecified atom stereocenters. The molecule has 1 aromatic carbocycles. The molecule has 9 heteroatoms. The molecular weight excluding hydrogens is 369 g/mol. The molecule has 0 radical (unpaired) electrons. The number of nitrogens with one attached hydrogen (secondary N) is 1. The number of rotatable bonds is 7. The lowest BCUT2D eigenvalue weighted by atomic mass is 10.1. The second kappa shape index (κ2) is 9.59. The van der Waals surface area contributed by atoms with Crippen LogP contribution in [0.3, 0.4) is 0 Å². The van der Waals surface area contributed by atoms with Gasteiger partial charge in [-0.25, -0.2) is 4.68 Å². The van der Waals surface area contributed by atoms with Crippen LogP contribution in [-0.4, -0.2) is 28.3 Å². The monoisotopic (exact) mass is 390 g/mol. The van der Waals surface area contributed by atoms with E-state index in [1.807, 2.05) is 6.92 Å². The van der Waals surface area contributed by atoms with Crippen molar-refractivity contribution in [2.75, 3.05) is 6.54 Å². The maximum absolute atomic E-state index is 12.8. The predicted octanol–water partition coefficient (Wildman–Crippen LogP) is 3.56. The van der Waals surface area contributed by atoms with Gasteiger partial charge in [-0.2, -0.15) is 18.3 Å². The summed E-state index contributed by atoms with van der Waals surface area (Å²) in [7, 11) is 0. The van der Waals surface area contributed by atoms with E-state index in [-0.39, 0.29) is 29.8 Å². The zero-order valence-corrected chi connectivity index (χ0v) is 15.1. The van der Waals surface area contributed by atoms with E-state index in [1.165, 1.54) is 29.1 Å². The average molecular weight is 391 g/mol. The molecule has 3 N–H and O–H groups in total. The van der Waals surface area contributed by atoms with E-state index in [4.69, 9.17) is 5.73 Å². The van der Waals surface area contributed by atoms with E-state index in [0.29, 0.717) is 6.54 Å². The fourth-order valence-electron chi connectivity index (χ4n) is 2.37. The molecule has 1 heterocycles. The zero-order chi connectivity index (χ0) is 18.4. The predicted molar refractivity (Wildman–Crippen MR) is 95.6 cm³/mol. The van der Waals surface area contributed by atoms with Gasteiger partial charge in [0.1, 0.15) is 0 Å². The number of nitrogens with zero attached hydrogens (tertiary/aromatic N) is 2. The van der Waals surface area contributed by atoms with Crippen molar-refractivity contribution in [1.29, 1.82) is 0 Å². The summed E-state index contributed by atoms with van der Waals surface area (Å²) in [4.78, 5) is 12.2. The highest BCUT2D eigenvalue weighted by Crippen LogP contribution is 2.30. The highest BCUT2D eigenvalue weighted by Gasteiger charge is 2.30. The van der Waals surface area contributed by atoms with Crippen LogP contribution in [0.4, 0.5) is 13.2 Å². The first-order valence-electron chi connectivity index (χ1n) is 8.09. The Labute approximate surface area is 156 Å². The average Bonchev–Trinajstić information content (AvgIpc) is 3.08. The van der Waals surface area contributed by atoms with Gasteiger partial charge in [0.05, 0.1) is 11.3 Å². The van der Waals surface area contributed by atoms with Crippen molar-refractivity contribution in [3.63, 3.8) is 0 Å². The van der Waals surface area contributed by atoms with Gasteiger partial charge in [-0.3, -0.25) is 4.79 Å². The van der Waals surface area contributed by atoms with Crippen LogP contribution in [0.25, 0.3) is 5.69 Å². The highest BCUT2D eigenvalue weighted by atomic mass is 35.5. The molecule has 0 bridgehead atoms. The number of halogens is 4. The van der Waals surface area contributed by atoms with Gasteiger partial charge in [0.15, 0.2) is 5.69 Å². The Kier molecular flexibility index (Phi) is 8.10. The number of benzene rings is 1. The topological polar surface area (TPSA) is 72.9 Å². The van der Waals surface area contributed by atoms with Crippen molar-refractivity contribution >= 4 is 18.3 Å². The third-order valence-electron chi connectivity index (χ3n) is 3.79. The molecule has 1 amide bonds. The number of nitrogens with two attached hydrogens (primary N) is 1. The number of aromatic nitrogens is 2. The molecule has 1 atom stereocenters. The smallest absolute Gasteiger partial charge is 0.347 e. The molecule has 0 saturated carbocycles. The number of hydrogen-bond donors (Lipinski definition) is 2. The Bertz CT molecular complexity index is 718.